The number of aromatic nitrogens is 2. The first-order valence-corrected chi connectivity index (χ1v) is 23.3. The van der Waals surface area contributed by atoms with Gasteiger partial charge in [-0.3, -0.25) is 4.85 Å². The van der Waals surface area contributed by atoms with Gasteiger partial charge < -0.3 is 18.0 Å². The lowest BCUT2D eigenvalue weighted by molar-refractivity contribution is 0.668. The Labute approximate surface area is 399 Å². The molecule has 0 atom stereocenters. The molecule has 0 spiro atoms. The summed E-state index contributed by atoms with van der Waals surface area (Å²) in [5.41, 5.74) is 13.7. The molecule has 70 heavy (non-hydrogen) atoms. The minimum Gasteiger partial charge on any atom is -0.456 e. The van der Waals surface area contributed by atoms with Crippen molar-refractivity contribution in [2.45, 2.75) is 0 Å². The van der Waals surface area contributed by atoms with Gasteiger partial charge in [0.25, 0.3) is 0 Å². The van der Waals surface area contributed by atoms with Gasteiger partial charge in [0.1, 0.15) is 22.3 Å². The Morgan fingerprint density at radius 1 is 0.329 bits per heavy atom. The van der Waals surface area contributed by atoms with Gasteiger partial charge in [0.2, 0.25) is 5.69 Å². The first-order chi connectivity index (χ1) is 34.6. The number of benzene rings is 11. The van der Waals surface area contributed by atoms with Crippen LogP contribution in [0.25, 0.3) is 152 Å². The molecule has 0 saturated carbocycles. The second kappa shape index (κ2) is 14.3. The van der Waals surface area contributed by atoms with E-state index in [2.05, 4.69) is 183 Å². The Morgan fingerprint density at radius 3 is 1.29 bits per heavy atom. The number of furan rings is 2. The van der Waals surface area contributed by atoms with Crippen molar-refractivity contribution in [1.29, 1.82) is 0 Å². The molecule has 4 heterocycles. The molecule has 0 aliphatic rings. The fourth-order valence-corrected chi connectivity index (χ4v) is 11.4. The zero-order valence-corrected chi connectivity index (χ0v) is 37.2. The molecule has 6 heteroatoms. The smallest absolute Gasteiger partial charge is 0.220 e. The van der Waals surface area contributed by atoms with E-state index in [0.29, 0.717) is 17.1 Å². The molecule has 11 aromatic carbocycles. The van der Waals surface area contributed by atoms with Crippen LogP contribution in [-0.2, 0) is 0 Å². The molecule has 4 aromatic heterocycles. The molecule has 0 saturated heterocycles. The number of hydrogen-bond acceptors (Lipinski definition) is 2. The van der Waals surface area contributed by atoms with Crippen LogP contribution in [-0.4, -0.2) is 9.13 Å². The Hall–Kier alpha value is -9.88. The fraction of sp³-hybridized carbons (Fsp3) is 0. The van der Waals surface area contributed by atoms with Crippen molar-refractivity contribution in [1.82, 2.24) is 9.13 Å². The van der Waals surface area contributed by atoms with Gasteiger partial charge in [0.15, 0.2) is 5.69 Å². The summed E-state index contributed by atoms with van der Waals surface area (Å²) in [5, 5.41) is 13.2. The van der Waals surface area contributed by atoms with Crippen LogP contribution in [0.5, 0.6) is 0 Å². The Morgan fingerprint density at radius 2 is 0.757 bits per heavy atom. The predicted molar refractivity (Wildman–Crippen MR) is 288 cm³/mol. The van der Waals surface area contributed by atoms with Gasteiger partial charge in [-0.25, -0.2) is 4.85 Å². The summed E-state index contributed by atoms with van der Waals surface area (Å²) in [6.45, 7) is 17.3. The molecule has 0 bridgehead atoms. The second-order valence-corrected chi connectivity index (χ2v) is 18.1. The maximum absolute atomic E-state index is 8.85. The summed E-state index contributed by atoms with van der Waals surface area (Å²) in [6.07, 6.45) is 0. The van der Waals surface area contributed by atoms with Crippen molar-refractivity contribution in [2.24, 2.45) is 0 Å². The molecule has 0 radical (unpaired) electrons. The molecule has 15 aromatic rings. The van der Waals surface area contributed by atoms with E-state index in [-0.39, 0.29) is 0 Å². The lowest BCUT2D eigenvalue weighted by atomic mass is 9.99. The van der Waals surface area contributed by atoms with E-state index in [1.807, 2.05) is 42.5 Å². The van der Waals surface area contributed by atoms with Crippen molar-refractivity contribution < 1.29 is 8.83 Å². The molecule has 0 aliphatic carbocycles. The number of nitrogens with zero attached hydrogens (tertiary/aromatic N) is 4. The lowest BCUT2D eigenvalue weighted by Gasteiger charge is -2.19. The van der Waals surface area contributed by atoms with E-state index in [4.69, 9.17) is 22.0 Å². The minimum absolute atomic E-state index is 0.300. The number of hydrogen-bond donors (Lipinski definition) is 0. The van der Waals surface area contributed by atoms with Crippen LogP contribution in [0.4, 0.5) is 11.4 Å². The molecule has 0 fully saturated rings. The molecular formula is C64H34N4O2. The van der Waals surface area contributed by atoms with Gasteiger partial charge in [0.05, 0.1) is 46.6 Å². The maximum Gasteiger partial charge on any atom is 0.220 e. The molecule has 0 N–H and O–H groups in total. The normalized spacial score (nSPS) is 12.0. The van der Waals surface area contributed by atoms with Crippen LogP contribution in [0.1, 0.15) is 0 Å². The molecule has 6 nitrogen and oxygen atoms in total. The van der Waals surface area contributed by atoms with Crippen molar-refractivity contribution in [3.05, 3.63) is 229 Å². The molecule has 0 amide bonds. The SMILES string of the molecule is [C-]#[N+]c1ccc(-n2c3ccc(-c4ccc5oc6ccccc6c5c4)cc3c3c4ccccc4ccc32)c(-n2c3ccc(-c4ccc5oc6ccccc6c5c4)cc3c3c4ccccc4ccc32)c1[N+]#[C-]. The molecular weight excluding hydrogens is 857 g/mol. The third-order valence-electron chi connectivity index (χ3n) is 14.5. The van der Waals surface area contributed by atoms with Gasteiger partial charge in [0, 0.05) is 43.1 Å². The number of rotatable bonds is 4. The van der Waals surface area contributed by atoms with Crippen LogP contribution in [0.3, 0.4) is 0 Å². The van der Waals surface area contributed by atoms with Gasteiger partial charge in [-0.05, 0) is 123 Å². The highest BCUT2D eigenvalue weighted by molar-refractivity contribution is 6.24. The summed E-state index contributed by atoms with van der Waals surface area (Å²) in [7, 11) is 0. The molecule has 15 rings (SSSR count). The Kier molecular flexibility index (Phi) is 7.82. The highest BCUT2D eigenvalue weighted by Crippen LogP contribution is 2.48. The fourth-order valence-electron chi connectivity index (χ4n) is 11.4. The average Bonchev–Trinajstić information content (AvgIpc) is 4.17. The largest absolute Gasteiger partial charge is 0.456 e. The number of para-hydroxylation sites is 2. The average molecular weight is 891 g/mol. The van der Waals surface area contributed by atoms with E-state index < -0.39 is 0 Å². The first-order valence-electron chi connectivity index (χ1n) is 23.3. The molecule has 0 aliphatic heterocycles. The maximum atomic E-state index is 8.85. The van der Waals surface area contributed by atoms with Crippen LogP contribution in [0.2, 0.25) is 0 Å². The minimum atomic E-state index is 0.300. The van der Waals surface area contributed by atoms with Crippen LogP contribution in [0, 0.1) is 13.1 Å². The monoisotopic (exact) mass is 890 g/mol. The predicted octanol–water partition coefficient (Wildman–Crippen LogP) is 18.4. The highest BCUT2D eigenvalue weighted by atomic mass is 16.3. The second-order valence-electron chi connectivity index (χ2n) is 18.1. The van der Waals surface area contributed by atoms with Crippen molar-refractivity contribution in [2.75, 3.05) is 0 Å². The van der Waals surface area contributed by atoms with Crippen LogP contribution < -0.4 is 0 Å². The van der Waals surface area contributed by atoms with E-state index in [1.54, 1.807) is 0 Å². The van der Waals surface area contributed by atoms with Gasteiger partial charge >= 0.3 is 0 Å². The molecule has 0 unspecified atom stereocenters. The van der Waals surface area contributed by atoms with Gasteiger partial charge in [-0.1, -0.05) is 127 Å². The summed E-state index contributed by atoms with van der Waals surface area (Å²) in [6, 6.07) is 72.3. The highest BCUT2D eigenvalue weighted by Gasteiger charge is 2.26. The third-order valence-corrected chi connectivity index (χ3v) is 14.5. The quantitative estimate of drug-likeness (QED) is 0.165. The van der Waals surface area contributed by atoms with Gasteiger partial charge in [-0.15, -0.1) is 0 Å². The van der Waals surface area contributed by atoms with Crippen molar-refractivity contribution >= 4 is 120 Å². The summed E-state index contributed by atoms with van der Waals surface area (Å²) in [4.78, 5) is 8.24. The van der Waals surface area contributed by atoms with E-state index in [9.17, 15) is 0 Å². The summed E-state index contributed by atoms with van der Waals surface area (Å²) in [5.74, 6) is 0. The Balaban J connectivity index is 1.02. The topological polar surface area (TPSA) is 44.9 Å². The van der Waals surface area contributed by atoms with Crippen molar-refractivity contribution in [3.63, 3.8) is 0 Å². The van der Waals surface area contributed by atoms with Crippen LogP contribution >= 0.6 is 0 Å². The summed E-state index contributed by atoms with van der Waals surface area (Å²) < 4.78 is 17.0. The molecule has 322 valence electrons. The lowest BCUT2D eigenvalue weighted by Crippen LogP contribution is -2.04. The zero-order chi connectivity index (χ0) is 46.2. The van der Waals surface area contributed by atoms with E-state index in [0.717, 1.165) is 137 Å². The zero-order valence-electron chi connectivity index (χ0n) is 37.2. The van der Waals surface area contributed by atoms with E-state index in [1.165, 1.54) is 0 Å². The van der Waals surface area contributed by atoms with Crippen LogP contribution in [0.15, 0.2) is 215 Å². The van der Waals surface area contributed by atoms with Crippen molar-refractivity contribution in [3.8, 4) is 33.6 Å². The third kappa shape index (κ3) is 5.30. The number of fused-ring (bicyclic) bond motifs is 16. The summed E-state index contributed by atoms with van der Waals surface area (Å²) >= 11 is 0. The first kappa shape index (κ1) is 38.2. The van der Waals surface area contributed by atoms with E-state index >= 15 is 0 Å². The Bertz CT molecular complexity index is 4870. The van der Waals surface area contributed by atoms with Gasteiger partial charge in [-0.2, -0.15) is 0 Å². The standard InChI is InChI=1S/C64H34N4O2/c1-65-51-25-30-56(67-52-26-21-39(35-49(52)61-43-13-5-3-11-37(43)19-28-54(61)67)41-23-31-59-47(33-41)45-15-7-9-17-57(45)69-59)64(63(51)66-2)68-53-27-22-40(36-50(53)62-44-14-6-4-12-38(44)20-29-55(62)68)42-24-32-60-48(34-42)46-16-8-10-18-58(46)70-60/h3-36H.